The third kappa shape index (κ3) is 5.88. The Morgan fingerprint density at radius 2 is 1.11 bits per heavy atom. The van der Waals surface area contributed by atoms with Crippen molar-refractivity contribution < 1.29 is 9.53 Å². The summed E-state index contributed by atoms with van der Waals surface area (Å²) >= 11 is 0. The van der Waals surface area contributed by atoms with Gasteiger partial charge in [-0.2, -0.15) is 0 Å². The minimum absolute atomic E-state index is 0.389. The molecule has 0 N–H and O–H groups in total. The summed E-state index contributed by atoms with van der Waals surface area (Å²) in [6.45, 7) is 6.53. The number of fused-ring (bicyclic) bond motifs is 2. The van der Waals surface area contributed by atoms with E-state index in [9.17, 15) is 4.79 Å². The third-order valence-corrected chi connectivity index (χ3v) is 8.65. The highest BCUT2D eigenvalue weighted by Crippen LogP contribution is 2.38. The van der Waals surface area contributed by atoms with E-state index in [0.29, 0.717) is 17.2 Å². The second kappa shape index (κ2) is 12.4. The van der Waals surface area contributed by atoms with Crippen LogP contribution in [-0.2, 0) is 0 Å². The maximum Gasteiger partial charge on any atom is 0.343 e. The van der Waals surface area contributed by atoms with Gasteiger partial charge in [-0.3, -0.25) is 0 Å². The van der Waals surface area contributed by atoms with Crippen LogP contribution in [-0.4, -0.2) is 5.97 Å². The Labute approximate surface area is 270 Å². The molecule has 3 nitrogen and oxygen atoms in total. The average molecular weight is 598 g/mol. The number of ether oxygens (including phenoxy) is 1. The first kappa shape index (κ1) is 29.1. The Hall–Kier alpha value is -5.67. The van der Waals surface area contributed by atoms with Gasteiger partial charge in [0.2, 0.25) is 0 Å². The molecule has 0 saturated heterocycles. The fraction of sp³-hybridized carbons (Fsp3) is 0.0930. The lowest BCUT2D eigenvalue weighted by atomic mass is 9.94. The number of aryl methyl sites for hydroxylation is 1. The van der Waals surface area contributed by atoms with Gasteiger partial charge in [-0.25, -0.2) is 4.79 Å². The number of anilines is 3. The molecule has 0 radical (unpaired) electrons. The van der Waals surface area contributed by atoms with Crippen LogP contribution in [0.5, 0.6) is 5.75 Å². The van der Waals surface area contributed by atoms with Crippen LogP contribution >= 0.6 is 0 Å². The molecule has 0 fully saturated rings. The van der Waals surface area contributed by atoms with E-state index in [4.69, 9.17) is 4.74 Å². The first-order chi connectivity index (χ1) is 22.4. The number of rotatable bonds is 7. The summed E-state index contributed by atoms with van der Waals surface area (Å²) in [7, 11) is 0. The van der Waals surface area contributed by atoms with Gasteiger partial charge in [0.1, 0.15) is 5.75 Å². The first-order valence-corrected chi connectivity index (χ1v) is 15.7. The van der Waals surface area contributed by atoms with Crippen molar-refractivity contribution in [1.82, 2.24) is 0 Å². The standard InChI is InChI=1S/C43H35NO2/c1-29(2)35-13-12-30(3)42(28-35)33-18-24-41(25-19-33)46-43(45)34-16-20-38(21-17-34)44(39-22-14-31-8-4-6-10-36(31)26-39)40-23-15-32-9-5-7-11-37(32)27-40/h4-29H,1-3H3. The summed E-state index contributed by atoms with van der Waals surface area (Å²) < 4.78 is 5.80. The molecule has 0 atom stereocenters. The number of benzene rings is 7. The highest BCUT2D eigenvalue weighted by atomic mass is 16.5. The maximum absolute atomic E-state index is 13.2. The Balaban J connectivity index is 1.16. The second-order valence-electron chi connectivity index (χ2n) is 12.1. The Bertz CT molecular complexity index is 2100. The molecule has 7 aromatic carbocycles. The summed E-state index contributed by atoms with van der Waals surface area (Å²) in [4.78, 5) is 15.4. The molecule has 7 aromatic rings. The molecule has 0 aromatic heterocycles. The van der Waals surface area contributed by atoms with Crippen LogP contribution in [0, 0.1) is 6.92 Å². The number of hydrogen-bond acceptors (Lipinski definition) is 3. The van der Waals surface area contributed by atoms with Gasteiger partial charge >= 0.3 is 5.97 Å². The van der Waals surface area contributed by atoms with Gasteiger partial charge < -0.3 is 9.64 Å². The van der Waals surface area contributed by atoms with Crippen LogP contribution in [0.3, 0.4) is 0 Å². The molecule has 0 heterocycles. The summed E-state index contributed by atoms with van der Waals surface area (Å²) in [5.74, 6) is 0.586. The molecule has 0 bridgehead atoms. The quantitative estimate of drug-likeness (QED) is 0.135. The van der Waals surface area contributed by atoms with Crippen molar-refractivity contribution in [3.05, 3.63) is 168 Å². The molecule has 0 spiro atoms. The lowest BCUT2D eigenvalue weighted by Gasteiger charge is -2.26. The molecule has 0 unspecified atom stereocenters. The lowest BCUT2D eigenvalue weighted by Crippen LogP contribution is -2.12. The van der Waals surface area contributed by atoms with Crippen molar-refractivity contribution >= 4 is 44.6 Å². The van der Waals surface area contributed by atoms with Crippen LogP contribution < -0.4 is 9.64 Å². The fourth-order valence-electron chi connectivity index (χ4n) is 6.00. The van der Waals surface area contributed by atoms with Gasteiger partial charge in [0.05, 0.1) is 5.56 Å². The molecule has 7 rings (SSSR count). The van der Waals surface area contributed by atoms with E-state index < -0.39 is 0 Å². The third-order valence-electron chi connectivity index (χ3n) is 8.65. The summed E-state index contributed by atoms with van der Waals surface area (Å²) in [5.41, 5.74) is 8.34. The minimum Gasteiger partial charge on any atom is -0.423 e. The van der Waals surface area contributed by atoms with E-state index in [0.717, 1.165) is 22.6 Å². The van der Waals surface area contributed by atoms with Crippen LogP contribution in [0.2, 0.25) is 0 Å². The smallest absolute Gasteiger partial charge is 0.343 e. The molecule has 224 valence electrons. The summed E-state index contributed by atoms with van der Waals surface area (Å²) in [6, 6.07) is 51.8. The summed E-state index contributed by atoms with van der Waals surface area (Å²) in [6.07, 6.45) is 0. The first-order valence-electron chi connectivity index (χ1n) is 15.7. The number of carbonyl (C=O) groups excluding carboxylic acids is 1. The molecular weight excluding hydrogens is 562 g/mol. The van der Waals surface area contributed by atoms with Crippen molar-refractivity contribution in [1.29, 1.82) is 0 Å². The van der Waals surface area contributed by atoms with E-state index in [1.807, 2.05) is 48.5 Å². The lowest BCUT2D eigenvalue weighted by molar-refractivity contribution is 0.0735. The molecule has 0 saturated carbocycles. The highest BCUT2D eigenvalue weighted by Gasteiger charge is 2.16. The van der Waals surface area contributed by atoms with Gasteiger partial charge in [0, 0.05) is 17.1 Å². The van der Waals surface area contributed by atoms with Crippen LogP contribution in [0.25, 0.3) is 32.7 Å². The molecule has 3 heteroatoms. The van der Waals surface area contributed by atoms with E-state index >= 15 is 0 Å². The van der Waals surface area contributed by atoms with Crippen molar-refractivity contribution in [2.45, 2.75) is 26.7 Å². The number of esters is 1. The van der Waals surface area contributed by atoms with Crippen molar-refractivity contribution in [2.24, 2.45) is 0 Å². The van der Waals surface area contributed by atoms with Gasteiger partial charge in [-0.1, -0.05) is 105 Å². The Kier molecular flexibility index (Phi) is 7.82. The number of nitrogens with zero attached hydrogens (tertiary/aromatic N) is 1. The van der Waals surface area contributed by atoms with E-state index in [-0.39, 0.29) is 5.97 Å². The Morgan fingerprint density at radius 3 is 1.67 bits per heavy atom. The summed E-state index contributed by atoms with van der Waals surface area (Å²) in [5, 5.41) is 4.71. The second-order valence-corrected chi connectivity index (χ2v) is 12.1. The predicted molar refractivity (Wildman–Crippen MR) is 192 cm³/mol. The van der Waals surface area contributed by atoms with Gasteiger partial charge in [-0.15, -0.1) is 0 Å². The van der Waals surface area contributed by atoms with Crippen molar-refractivity contribution in [2.75, 3.05) is 4.90 Å². The normalized spacial score (nSPS) is 11.2. The molecular formula is C43H35NO2. The monoisotopic (exact) mass is 597 g/mol. The average Bonchev–Trinajstić information content (AvgIpc) is 3.09. The SMILES string of the molecule is Cc1ccc(C(C)C)cc1-c1ccc(OC(=O)c2ccc(N(c3ccc4ccccc4c3)c3ccc4ccccc4c3)cc2)cc1. The Morgan fingerprint density at radius 1 is 0.565 bits per heavy atom. The van der Waals surface area contributed by atoms with Gasteiger partial charge in [0.15, 0.2) is 0 Å². The zero-order valence-corrected chi connectivity index (χ0v) is 26.3. The van der Waals surface area contributed by atoms with Crippen molar-refractivity contribution in [3.63, 3.8) is 0 Å². The molecule has 0 aliphatic rings. The van der Waals surface area contributed by atoms with Crippen LogP contribution in [0.15, 0.2) is 152 Å². The molecule has 46 heavy (non-hydrogen) atoms. The zero-order valence-electron chi connectivity index (χ0n) is 26.3. The highest BCUT2D eigenvalue weighted by molar-refractivity contribution is 5.94. The van der Waals surface area contributed by atoms with E-state index in [1.165, 1.54) is 38.2 Å². The number of hydrogen-bond donors (Lipinski definition) is 0. The fourth-order valence-corrected chi connectivity index (χ4v) is 6.00. The van der Waals surface area contributed by atoms with Crippen LogP contribution in [0.4, 0.5) is 17.1 Å². The predicted octanol–water partition coefficient (Wildman–Crippen LogP) is 11.8. The van der Waals surface area contributed by atoms with E-state index in [1.54, 1.807) is 0 Å². The van der Waals surface area contributed by atoms with Gasteiger partial charge in [-0.05, 0) is 117 Å². The van der Waals surface area contributed by atoms with Crippen molar-refractivity contribution in [3.8, 4) is 16.9 Å². The van der Waals surface area contributed by atoms with Gasteiger partial charge in [0.25, 0.3) is 0 Å². The largest absolute Gasteiger partial charge is 0.423 e. The topological polar surface area (TPSA) is 29.5 Å². The van der Waals surface area contributed by atoms with E-state index in [2.05, 4.69) is 129 Å². The molecule has 0 aliphatic heterocycles. The molecule has 0 aliphatic carbocycles. The minimum atomic E-state index is -0.389. The molecule has 0 amide bonds. The maximum atomic E-state index is 13.2. The number of carbonyl (C=O) groups is 1. The van der Waals surface area contributed by atoms with Crippen LogP contribution in [0.1, 0.15) is 41.3 Å². The zero-order chi connectivity index (χ0) is 31.6.